The summed E-state index contributed by atoms with van der Waals surface area (Å²) in [5.74, 6) is 3.09. The maximum Gasteiger partial charge on any atom is 0.226 e. The van der Waals surface area contributed by atoms with Crippen molar-refractivity contribution in [2.24, 2.45) is 17.8 Å². The second-order valence-electron chi connectivity index (χ2n) is 8.00. The Bertz CT molecular complexity index is 803. The third kappa shape index (κ3) is 2.87. The number of hydrogen-bond acceptors (Lipinski definition) is 3. The molecule has 6 heteroatoms. The molecule has 2 saturated carbocycles. The molecule has 0 spiro atoms. The maximum absolute atomic E-state index is 12.5. The molecule has 2 aromatic heterocycles. The van der Waals surface area contributed by atoms with Crippen LogP contribution in [-0.2, 0) is 24.3 Å². The molecule has 3 heterocycles. The van der Waals surface area contributed by atoms with E-state index >= 15 is 0 Å². The van der Waals surface area contributed by atoms with Crippen LogP contribution in [0.15, 0.2) is 18.6 Å². The van der Waals surface area contributed by atoms with Crippen molar-refractivity contribution < 1.29 is 4.79 Å². The van der Waals surface area contributed by atoms with Gasteiger partial charge in [-0.05, 0) is 31.1 Å². The SMILES string of the molecule is C[C@@H]1C[C@@H]1C(=O)N1CCc2ncc(-c3cnn(CC4CC4)c3)n2CC1. The van der Waals surface area contributed by atoms with E-state index in [1.54, 1.807) is 0 Å². The second-order valence-corrected chi connectivity index (χ2v) is 8.00. The van der Waals surface area contributed by atoms with Crippen LogP contribution in [0.2, 0.25) is 0 Å². The van der Waals surface area contributed by atoms with Crippen molar-refractivity contribution in [1.82, 2.24) is 24.2 Å². The van der Waals surface area contributed by atoms with Gasteiger partial charge in [0.2, 0.25) is 5.91 Å². The third-order valence-corrected chi connectivity index (χ3v) is 5.95. The van der Waals surface area contributed by atoms with Crippen LogP contribution in [0, 0.1) is 17.8 Å². The van der Waals surface area contributed by atoms with Crippen molar-refractivity contribution in [3.63, 3.8) is 0 Å². The van der Waals surface area contributed by atoms with Crippen LogP contribution in [0.25, 0.3) is 11.3 Å². The Kier molecular flexibility index (Phi) is 3.47. The van der Waals surface area contributed by atoms with Crippen LogP contribution in [-0.4, -0.2) is 43.2 Å². The fourth-order valence-electron chi connectivity index (χ4n) is 3.94. The van der Waals surface area contributed by atoms with Crippen molar-refractivity contribution >= 4 is 5.91 Å². The quantitative estimate of drug-likeness (QED) is 0.858. The zero-order valence-corrected chi connectivity index (χ0v) is 14.8. The number of aromatic nitrogens is 4. The van der Waals surface area contributed by atoms with Gasteiger partial charge in [-0.25, -0.2) is 4.98 Å². The number of carbonyl (C=O) groups excluding carboxylic acids is 1. The summed E-state index contributed by atoms with van der Waals surface area (Å²) in [6.07, 6.45) is 10.6. The largest absolute Gasteiger partial charge is 0.340 e. The van der Waals surface area contributed by atoms with Gasteiger partial charge in [0.05, 0.1) is 18.1 Å². The fourth-order valence-corrected chi connectivity index (χ4v) is 3.94. The number of nitrogens with zero attached hydrogens (tertiary/aromatic N) is 5. The van der Waals surface area contributed by atoms with Crippen LogP contribution < -0.4 is 0 Å². The van der Waals surface area contributed by atoms with Gasteiger partial charge in [-0.1, -0.05) is 6.92 Å². The highest BCUT2D eigenvalue weighted by atomic mass is 16.2. The Balaban J connectivity index is 1.33. The molecule has 0 radical (unpaired) electrons. The molecule has 6 nitrogen and oxygen atoms in total. The van der Waals surface area contributed by atoms with Gasteiger partial charge < -0.3 is 9.47 Å². The molecule has 0 saturated heterocycles. The maximum atomic E-state index is 12.5. The summed E-state index contributed by atoms with van der Waals surface area (Å²) < 4.78 is 4.34. The van der Waals surface area contributed by atoms with Gasteiger partial charge >= 0.3 is 0 Å². The van der Waals surface area contributed by atoms with Crippen molar-refractivity contribution in [3.05, 3.63) is 24.4 Å². The van der Waals surface area contributed by atoms with Gasteiger partial charge in [0.1, 0.15) is 5.82 Å². The van der Waals surface area contributed by atoms with Gasteiger partial charge in [0.25, 0.3) is 0 Å². The summed E-state index contributed by atoms with van der Waals surface area (Å²) in [7, 11) is 0. The Morgan fingerprint density at radius 3 is 2.84 bits per heavy atom. The second kappa shape index (κ2) is 5.71. The molecule has 0 bridgehead atoms. The number of fused-ring (bicyclic) bond motifs is 1. The van der Waals surface area contributed by atoms with Gasteiger partial charge in [-0.3, -0.25) is 9.48 Å². The standard InChI is InChI=1S/C19H25N5O/c1-13-8-16(13)19(25)22-5-4-18-20-10-17(24(18)7-6-22)15-9-21-23(12-15)11-14-2-3-14/h9-10,12-14,16H,2-8,11H2,1H3/t13-,16+/m1/s1. The Labute approximate surface area is 147 Å². The summed E-state index contributed by atoms with van der Waals surface area (Å²) >= 11 is 0. The van der Waals surface area contributed by atoms with E-state index in [4.69, 9.17) is 0 Å². The van der Waals surface area contributed by atoms with Crippen LogP contribution in [0.4, 0.5) is 0 Å². The zero-order valence-electron chi connectivity index (χ0n) is 14.8. The predicted octanol–water partition coefficient (Wildman–Crippen LogP) is 2.20. The fraction of sp³-hybridized carbons (Fsp3) is 0.632. The highest BCUT2D eigenvalue weighted by Gasteiger charge is 2.41. The van der Waals surface area contributed by atoms with E-state index in [0.717, 1.165) is 62.0 Å². The smallest absolute Gasteiger partial charge is 0.226 e. The molecule has 1 amide bonds. The van der Waals surface area contributed by atoms with Gasteiger partial charge in [0.15, 0.2) is 0 Å². The lowest BCUT2D eigenvalue weighted by Crippen LogP contribution is -2.35. The van der Waals surface area contributed by atoms with E-state index in [1.165, 1.54) is 12.8 Å². The van der Waals surface area contributed by atoms with Crippen LogP contribution >= 0.6 is 0 Å². The summed E-state index contributed by atoms with van der Waals surface area (Å²) in [6.45, 7) is 5.60. The van der Waals surface area contributed by atoms with E-state index in [2.05, 4.69) is 32.5 Å². The molecule has 5 rings (SSSR count). The van der Waals surface area contributed by atoms with E-state index in [1.807, 2.05) is 17.3 Å². The molecule has 132 valence electrons. The molecular weight excluding hydrogens is 314 g/mol. The molecule has 0 unspecified atom stereocenters. The normalized spacial score (nSPS) is 25.6. The van der Waals surface area contributed by atoms with Crippen LogP contribution in [0.1, 0.15) is 32.0 Å². The molecule has 2 fully saturated rings. The lowest BCUT2D eigenvalue weighted by atomic mass is 10.2. The molecular formula is C19H25N5O. The summed E-state index contributed by atoms with van der Waals surface area (Å²) in [5, 5.41) is 4.52. The number of rotatable bonds is 4. The number of imidazole rings is 1. The van der Waals surface area contributed by atoms with Crippen molar-refractivity contribution in [1.29, 1.82) is 0 Å². The summed E-state index contributed by atoms with van der Waals surface area (Å²) in [4.78, 5) is 19.2. The zero-order chi connectivity index (χ0) is 17.0. The molecule has 2 aromatic rings. The molecule has 2 atom stereocenters. The molecule has 0 aromatic carbocycles. The minimum absolute atomic E-state index is 0.269. The summed E-state index contributed by atoms with van der Waals surface area (Å²) in [5.41, 5.74) is 2.26. The first-order valence-electron chi connectivity index (χ1n) is 9.55. The Morgan fingerprint density at radius 2 is 2.08 bits per heavy atom. The molecule has 0 N–H and O–H groups in total. The third-order valence-electron chi connectivity index (χ3n) is 5.95. The van der Waals surface area contributed by atoms with E-state index in [0.29, 0.717) is 11.8 Å². The minimum Gasteiger partial charge on any atom is -0.340 e. The summed E-state index contributed by atoms with van der Waals surface area (Å²) in [6, 6.07) is 0. The lowest BCUT2D eigenvalue weighted by Gasteiger charge is -2.20. The lowest BCUT2D eigenvalue weighted by molar-refractivity contribution is -0.132. The highest BCUT2D eigenvalue weighted by molar-refractivity contribution is 5.81. The minimum atomic E-state index is 0.269. The number of hydrogen-bond donors (Lipinski definition) is 0. The first-order chi connectivity index (χ1) is 12.2. The Morgan fingerprint density at radius 1 is 1.24 bits per heavy atom. The van der Waals surface area contributed by atoms with E-state index in [9.17, 15) is 4.79 Å². The molecule has 1 aliphatic heterocycles. The topological polar surface area (TPSA) is 56.0 Å². The highest BCUT2D eigenvalue weighted by Crippen LogP contribution is 2.39. The van der Waals surface area contributed by atoms with Crippen LogP contribution in [0.3, 0.4) is 0 Å². The first-order valence-corrected chi connectivity index (χ1v) is 9.55. The van der Waals surface area contributed by atoms with Crippen molar-refractivity contribution in [2.75, 3.05) is 13.1 Å². The first kappa shape index (κ1) is 15.2. The van der Waals surface area contributed by atoms with Crippen molar-refractivity contribution in [2.45, 2.75) is 45.7 Å². The number of carbonyl (C=O) groups is 1. The van der Waals surface area contributed by atoms with Gasteiger partial charge in [-0.15, -0.1) is 0 Å². The molecule has 3 aliphatic rings. The molecule has 2 aliphatic carbocycles. The van der Waals surface area contributed by atoms with Gasteiger partial charge in [-0.2, -0.15) is 5.10 Å². The Hall–Kier alpha value is -2.11. The average molecular weight is 339 g/mol. The number of amides is 1. The van der Waals surface area contributed by atoms with Gasteiger partial charge in [0, 0.05) is 50.3 Å². The average Bonchev–Trinajstić information content (AvgIpc) is 3.48. The van der Waals surface area contributed by atoms with Crippen molar-refractivity contribution in [3.8, 4) is 11.3 Å². The predicted molar refractivity (Wildman–Crippen MR) is 93.7 cm³/mol. The van der Waals surface area contributed by atoms with E-state index in [-0.39, 0.29) is 5.92 Å². The monoisotopic (exact) mass is 339 g/mol. The van der Waals surface area contributed by atoms with E-state index < -0.39 is 0 Å². The molecule has 25 heavy (non-hydrogen) atoms. The van der Waals surface area contributed by atoms with Crippen LogP contribution in [0.5, 0.6) is 0 Å².